The molecule has 3 N–H and O–H groups in total. The Balaban J connectivity index is 1.34. The number of anilines is 1. The molecule has 0 bridgehead atoms. The van der Waals surface area contributed by atoms with Crippen molar-refractivity contribution in [3.63, 3.8) is 0 Å². The molecule has 0 radical (unpaired) electrons. The van der Waals surface area contributed by atoms with Crippen LogP contribution in [0.25, 0.3) is 0 Å². The van der Waals surface area contributed by atoms with E-state index in [9.17, 15) is 14.4 Å². The van der Waals surface area contributed by atoms with E-state index >= 15 is 0 Å². The highest BCUT2D eigenvalue weighted by molar-refractivity contribution is 7.99. The SMILES string of the molecule is Cc1ccc(NSCc2ccccc2)c(=O)n1CC(=O)NCc1cc(Cl)ccc1OCC(=O)NC1CC1. The summed E-state index contributed by atoms with van der Waals surface area (Å²) >= 11 is 7.55. The van der Waals surface area contributed by atoms with Gasteiger partial charge in [0.25, 0.3) is 11.5 Å². The number of carbonyl (C=O) groups is 2. The lowest BCUT2D eigenvalue weighted by Crippen LogP contribution is -2.34. The van der Waals surface area contributed by atoms with Gasteiger partial charge >= 0.3 is 0 Å². The highest BCUT2D eigenvalue weighted by Crippen LogP contribution is 2.23. The van der Waals surface area contributed by atoms with Gasteiger partial charge in [-0.25, -0.2) is 0 Å². The van der Waals surface area contributed by atoms with E-state index in [0.717, 1.165) is 18.4 Å². The van der Waals surface area contributed by atoms with Gasteiger partial charge in [0.1, 0.15) is 18.0 Å². The number of aryl methyl sites for hydroxylation is 1. The van der Waals surface area contributed by atoms with Crippen molar-refractivity contribution in [2.75, 3.05) is 11.3 Å². The summed E-state index contributed by atoms with van der Waals surface area (Å²) < 4.78 is 10.2. The lowest BCUT2D eigenvalue weighted by atomic mass is 10.2. The van der Waals surface area contributed by atoms with Crippen LogP contribution in [0.1, 0.15) is 29.7 Å². The molecule has 1 fully saturated rings. The van der Waals surface area contributed by atoms with Crippen LogP contribution in [0.2, 0.25) is 5.02 Å². The van der Waals surface area contributed by atoms with E-state index in [0.29, 0.717) is 33.5 Å². The maximum Gasteiger partial charge on any atom is 0.275 e. The third kappa shape index (κ3) is 8.03. The first-order chi connectivity index (χ1) is 17.9. The van der Waals surface area contributed by atoms with Gasteiger partial charge in [-0.05, 0) is 67.6 Å². The Morgan fingerprint density at radius 3 is 2.62 bits per heavy atom. The van der Waals surface area contributed by atoms with Gasteiger partial charge in [0.2, 0.25) is 5.91 Å². The summed E-state index contributed by atoms with van der Waals surface area (Å²) in [4.78, 5) is 37.7. The van der Waals surface area contributed by atoms with Gasteiger partial charge in [0, 0.05) is 34.6 Å². The molecule has 0 saturated heterocycles. The molecule has 2 aromatic carbocycles. The topological polar surface area (TPSA) is 101 Å². The van der Waals surface area contributed by atoms with E-state index in [1.807, 2.05) is 30.3 Å². The Morgan fingerprint density at radius 2 is 1.86 bits per heavy atom. The molecule has 0 unspecified atom stereocenters. The fraction of sp³-hybridized carbons (Fsp3) is 0.296. The third-order valence-corrected chi connectivity index (χ3v) is 6.83. The van der Waals surface area contributed by atoms with Gasteiger partial charge in [0.05, 0.1) is 0 Å². The van der Waals surface area contributed by atoms with Crippen LogP contribution >= 0.6 is 23.5 Å². The van der Waals surface area contributed by atoms with Crippen molar-refractivity contribution < 1.29 is 14.3 Å². The number of nitrogens with zero attached hydrogens (tertiary/aromatic N) is 1. The molecule has 1 heterocycles. The van der Waals surface area contributed by atoms with E-state index in [1.54, 1.807) is 37.3 Å². The Hall–Kier alpha value is -3.43. The predicted octanol–water partition coefficient (Wildman–Crippen LogP) is 4.04. The smallest absolute Gasteiger partial charge is 0.275 e. The van der Waals surface area contributed by atoms with Gasteiger partial charge in [-0.3, -0.25) is 14.4 Å². The van der Waals surface area contributed by atoms with Crippen LogP contribution in [0.4, 0.5) is 5.69 Å². The quantitative estimate of drug-likeness (QED) is 0.300. The molecular weight excluding hydrogens is 512 g/mol. The fourth-order valence-electron chi connectivity index (χ4n) is 3.58. The van der Waals surface area contributed by atoms with Crippen molar-refractivity contribution in [2.24, 2.45) is 0 Å². The van der Waals surface area contributed by atoms with Crippen molar-refractivity contribution in [1.82, 2.24) is 15.2 Å². The Bertz CT molecular complexity index is 1310. The van der Waals surface area contributed by atoms with Crippen LogP contribution in [0, 0.1) is 6.92 Å². The summed E-state index contributed by atoms with van der Waals surface area (Å²) in [5.41, 5.74) is 2.59. The summed E-state index contributed by atoms with van der Waals surface area (Å²) in [6.45, 7) is 1.67. The molecule has 1 aromatic heterocycles. The first-order valence-electron chi connectivity index (χ1n) is 12.0. The monoisotopic (exact) mass is 540 g/mol. The molecule has 37 heavy (non-hydrogen) atoms. The minimum absolute atomic E-state index is 0.115. The van der Waals surface area contributed by atoms with E-state index in [-0.39, 0.29) is 43.1 Å². The predicted molar refractivity (Wildman–Crippen MR) is 147 cm³/mol. The van der Waals surface area contributed by atoms with Gasteiger partial charge in [-0.15, -0.1) is 0 Å². The number of ether oxygens (including phenoxy) is 1. The number of pyridine rings is 1. The molecule has 0 aliphatic heterocycles. The fourth-order valence-corrected chi connectivity index (χ4v) is 4.51. The number of hydrogen-bond donors (Lipinski definition) is 3. The highest BCUT2D eigenvalue weighted by Gasteiger charge is 2.23. The summed E-state index contributed by atoms with van der Waals surface area (Å²) in [5.74, 6) is 0.640. The minimum atomic E-state index is -0.336. The van der Waals surface area contributed by atoms with Crippen LogP contribution in [-0.4, -0.2) is 29.0 Å². The van der Waals surface area contributed by atoms with E-state index in [4.69, 9.17) is 16.3 Å². The van der Waals surface area contributed by atoms with E-state index < -0.39 is 0 Å². The maximum atomic E-state index is 13.0. The molecule has 8 nitrogen and oxygen atoms in total. The van der Waals surface area contributed by atoms with Gasteiger partial charge < -0.3 is 24.7 Å². The number of benzene rings is 2. The molecule has 0 spiro atoms. The molecule has 2 amide bonds. The van der Waals surface area contributed by atoms with Crippen LogP contribution in [0.15, 0.2) is 65.5 Å². The number of hydrogen-bond acceptors (Lipinski definition) is 6. The first kappa shape index (κ1) is 26.6. The van der Waals surface area contributed by atoms with Crippen LogP contribution < -0.4 is 25.7 Å². The number of aromatic nitrogens is 1. The molecular formula is C27H29ClN4O4S. The summed E-state index contributed by atoms with van der Waals surface area (Å²) in [6.07, 6.45) is 2.00. The number of carbonyl (C=O) groups excluding carboxylic acids is 2. The average Bonchev–Trinajstić information content (AvgIpc) is 3.70. The van der Waals surface area contributed by atoms with Gasteiger partial charge in [-0.1, -0.05) is 41.9 Å². The minimum Gasteiger partial charge on any atom is -0.483 e. The zero-order valence-corrected chi connectivity index (χ0v) is 22.0. The molecule has 1 saturated carbocycles. The molecule has 1 aliphatic carbocycles. The molecule has 1 aliphatic rings. The van der Waals surface area contributed by atoms with Gasteiger partial charge in [-0.2, -0.15) is 0 Å². The van der Waals surface area contributed by atoms with Gasteiger partial charge in [0.15, 0.2) is 6.61 Å². The molecule has 4 rings (SSSR count). The van der Waals surface area contributed by atoms with Crippen molar-refractivity contribution in [3.8, 4) is 5.75 Å². The van der Waals surface area contributed by atoms with Crippen LogP contribution in [0.3, 0.4) is 0 Å². The number of halogens is 1. The second-order valence-corrected chi connectivity index (χ2v) is 10.0. The second-order valence-electron chi connectivity index (χ2n) is 8.82. The summed E-state index contributed by atoms with van der Waals surface area (Å²) in [7, 11) is 0. The number of nitrogens with one attached hydrogen (secondary N) is 3. The number of amides is 2. The molecule has 3 aromatic rings. The van der Waals surface area contributed by atoms with Crippen molar-refractivity contribution in [1.29, 1.82) is 0 Å². The lowest BCUT2D eigenvalue weighted by Gasteiger charge is -2.15. The van der Waals surface area contributed by atoms with Crippen molar-refractivity contribution >= 4 is 41.1 Å². The maximum absolute atomic E-state index is 13.0. The highest BCUT2D eigenvalue weighted by atomic mass is 35.5. The Morgan fingerprint density at radius 1 is 1.08 bits per heavy atom. The van der Waals surface area contributed by atoms with Crippen LogP contribution in [-0.2, 0) is 28.4 Å². The second kappa shape index (κ2) is 12.7. The summed E-state index contributed by atoms with van der Waals surface area (Å²) in [6, 6.07) is 18.7. The van der Waals surface area contributed by atoms with Crippen molar-refractivity contribution in [2.45, 2.75) is 44.6 Å². The largest absolute Gasteiger partial charge is 0.483 e. The zero-order valence-electron chi connectivity index (χ0n) is 20.5. The molecule has 0 atom stereocenters. The van der Waals surface area contributed by atoms with E-state index in [1.165, 1.54) is 16.5 Å². The number of rotatable bonds is 12. The normalized spacial score (nSPS) is 12.6. The Kier molecular flexibility index (Phi) is 9.14. The molecule has 10 heteroatoms. The average molecular weight is 541 g/mol. The molecule has 194 valence electrons. The lowest BCUT2D eigenvalue weighted by molar-refractivity contribution is -0.123. The van der Waals surface area contributed by atoms with E-state index in [2.05, 4.69) is 15.4 Å². The first-order valence-corrected chi connectivity index (χ1v) is 13.3. The standard InChI is InChI=1S/C27H29ClN4O4S/c1-18-7-11-23(31-37-17-19-5-3-2-4-6-19)27(35)32(18)15-25(33)29-14-20-13-21(28)8-12-24(20)36-16-26(34)30-22-9-10-22/h2-8,11-13,22,31H,9-10,14-17H2,1H3,(H,29,33)(H,30,34). The Labute approximate surface area is 224 Å². The van der Waals surface area contributed by atoms with Crippen molar-refractivity contribution in [3.05, 3.63) is 92.9 Å². The van der Waals surface area contributed by atoms with Crippen LogP contribution in [0.5, 0.6) is 5.75 Å². The summed E-state index contributed by atoms with van der Waals surface area (Å²) in [5, 5.41) is 6.17. The third-order valence-electron chi connectivity index (χ3n) is 5.76. The zero-order chi connectivity index (χ0) is 26.2.